The minimum Gasteiger partial charge on any atom is -0.379 e. The SMILES string of the molecule is CCc1ccccc1C(=S)NC. The maximum atomic E-state index is 5.16. The van der Waals surface area contributed by atoms with Crippen LogP contribution < -0.4 is 5.32 Å². The topological polar surface area (TPSA) is 12.0 Å². The molecule has 0 heterocycles. The minimum atomic E-state index is 0.826. The number of hydrogen-bond donors (Lipinski definition) is 1. The summed E-state index contributed by atoms with van der Waals surface area (Å²) in [5, 5.41) is 2.99. The number of thiocarbonyl (C=S) groups is 1. The summed E-state index contributed by atoms with van der Waals surface area (Å²) in [6.07, 6.45) is 1.03. The van der Waals surface area contributed by atoms with E-state index in [9.17, 15) is 0 Å². The molecule has 64 valence electrons. The molecule has 0 aliphatic carbocycles. The van der Waals surface area contributed by atoms with Crippen molar-refractivity contribution in [2.75, 3.05) is 7.05 Å². The quantitative estimate of drug-likeness (QED) is 0.698. The second-order valence-corrected chi connectivity index (χ2v) is 3.00. The number of aryl methyl sites for hydroxylation is 1. The van der Waals surface area contributed by atoms with Gasteiger partial charge in [0.25, 0.3) is 0 Å². The number of hydrogen-bond acceptors (Lipinski definition) is 1. The van der Waals surface area contributed by atoms with Crippen molar-refractivity contribution in [1.29, 1.82) is 0 Å². The third-order valence-corrected chi connectivity index (χ3v) is 2.29. The Bertz CT molecular complexity index is 281. The molecule has 0 atom stereocenters. The van der Waals surface area contributed by atoms with Gasteiger partial charge in [0.1, 0.15) is 4.99 Å². The van der Waals surface area contributed by atoms with Crippen LogP contribution in [0.25, 0.3) is 0 Å². The van der Waals surface area contributed by atoms with Gasteiger partial charge >= 0.3 is 0 Å². The predicted octanol–water partition coefficient (Wildman–Crippen LogP) is 2.14. The molecule has 1 aromatic carbocycles. The van der Waals surface area contributed by atoms with E-state index in [-0.39, 0.29) is 0 Å². The van der Waals surface area contributed by atoms with Crippen molar-refractivity contribution in [3.05, 3.63) is 35.4 Å². The lowest BCUT2D eigenvalue weighted by molar-refractivity contribution is 1.12. The summed E-state index contributed by atoms with van der Waals surface area (Å²) in [5.41, 5.74) is 2.45. The molecule has 0 aliphatic rings. The lowest BCUT2D eigenvalue weighted by Crippen LogP contribution is -2.17. The highest BCUT2D eigenvalue weighted by molar-refractivity contribution is 7.80. The fraction of sp³-hybridized carbons (Fsp3) is 0.300. The standard InChI is InChI=1S/C10H13NS/c1-3-8-6-4-5-7-9(8)10(12)11-2/h4-7H,3H2,1-2H3,(H,11,12). The molecule has 12 heavy (non-hydrogen) atoms. The molecule has 1 aromatic rings. The Morgan fingerprint density at radius 3 is 2.67 bits per heavy atom. The Morgan fingerprint density at radius 2 is 2.08 bits per heavy atom. The van der Waals surface area contributed by atoms with Crippen LogP contribution in [0.3, 0.4) is 0 Å². The van der Waals surface area contributed by atoms with Gasteiger partial charge in [0.2, 0.25) is 0 Å². The van der Waals surface area contributed by atoms with Crippen molar-refractivity contribution >= 4 is 17.2 Å². The van der Waals surface area contributed by atoms with Gasteiger partial charge in [-0.05, 0) is 12.0 Å². The summed E-state index contributed by atoms with van der Waals surface area (Å²) in [6, 6.07) is 8.22. The molecule has 1 nitrogen and oxygen atoms in total. The van der Waals surface area contributed by atoms with Crippen LogP contribution in [0.5, 0.6) is 0 Å². The molecular formula is C10H13NS. The minimum absolute atomic E-state index is 0.826. The van der Waals surface area contributed by atoms with Crippen LogP contribution >= 0.6 is 12.2 Å². The zero-order valence-corrected chi connectivity index (χ0v) is 8.24. The second-order valence-electron chi connectivity index (χ2n) is 2.59. The van der Waals surface area contributed by atoms with Crippen molar-refractivity contribution in [2.24, 2.45) is 0 Å². The molecule has 0 radical (unpaired) electrons. The van der Waals surface area contributed by atoms with E-state index >= 15 is 0 Å². The smallest absolute Gasteiger partial charge is 0.106 e. The summed E-state index contributed by atoms with van der Waals surface area (Å²) >= 11 is 5.16. The van der Waals surface area contributed by atoms with E-state index in [0.29, 0.717) is 0 Å². The first kappa shape index (κ1) is 9.20. The summed E-state index contributed by atoms with van der Waals surface area (Å²) in [6.45, 7) is 2.14. The van der Waals surface area contributed by atoms with Gasteiger partial charge in [-0.25, -0.2) is 0 Å². The lowest BCUT2D eigenvalue weighted by Gasteiger charge is -2.07. The van der Waals surface area contributed by atoms with Crippen LogP contribution in [0.1, 0.15) is 18.1 Å². The third kappa shape index (κ3) is 1.83. The van der Waals surface area contributed by atoms with E-state index in [2.05, 4.69) is 24.4 Å². The van der Waals surface area contributed by atoms with Crippen molar-refractivity contribution in [2.45, 2.75) is 13.3 Å². The van der Waals surface area contributed by atoms with Crippen LogP contribution in [0.2, 0.25) is 0 Å². The van der Waals surface area contributed by atoms with Crippen LogP contribution in [-0.2, 0) is 6.42 Å². The van der Waals surface area contributed by atoms with Gasteiger partial charge in [0.15, 0.2) is 0 Å². The summed E-state index contributed by atoms with van der Waals surface area (Å²) in [5.74, 6) is 0. The highest BCUT2D eigenvalue weighted by atomic mass is 32.1. The van der Waals surface area contributed by atoms with Crippen molar-refractivity contribution in [3.8, 4) is 0 Å². The first-order valence-corrected chi connectivity index (χ1v) is 4.50. The molecule has 0 aliphatic heterocycles. The molecule has 0 saturated heterocycles. The van der Waals surface area contributed by atoms with E-state index in [1.54, 1.807) is 0 Å². The Labute approximate surface area is 78.8 Å². The van der Waals surface area contributed by atoms with E-state index in [4.69, 9.17) is 12.2 Å². The second kappa shape index (κ2) is 4.21. The molecule has 0 unspecified atom stereocenters. The molecule has 0 fully saturated rings. The van der Waals surface area contributed by atoms with Gasteiger partial charge in [-0.15, -0.1) is 0 Å². The normalized spacial score (nSPS) is 9.50. The summed E-state index contributed by atoms with van der Waals surface area (Å²) in [4.78, 5) is 0.826. The monoisotopic (exact) mass is 179 g/mol. The molecular weight excluding hydrogens is 166 g/mol. The van der Waals surface area contributed by atoms with Gasteiger partial charge in [0.05, 0.1) is 0 Å². The van der Waals surface area contributed by atoms with Crippen LogP contribution in [0.4, 0.5) is 0 Å². The fourth-order valence-corrected chi connectivity index (χ4v) is 1.38. The molecule has 2 heteroatoms. The van der Waals surface area contributed by atoms with Gasteiger partial charge < -0.3 is 5.32 Å². The molecule has 0 amide bonds. The first-order valence-electron chi connectivity index (χ1n) is 4.09. The Kier molecular flexibility index (Phi) is 3.23. The summed E-state index contributed by atoms with van der Waals surface area (Å²) in [7, 11) is 1.86. The van der Waals surface area contributed by atoms with Gasteiger partial charge in [-0.2, -0.15) is 0 Å². The maximum Gasteiger partial charge on any atom is 0.106 e. The Balaban J connectivity index is 3.04. The van der Waals surface area contributed by atoms with Gasteiger partial charge in [-0.3, -0.25) is 0 Å². The zero-order chi connectivity index (χ0) is 8.97. The largest absolute Gasteiger partial charge is 0.379 e. The Hall–Kier alpha value is -0.890. The zero-order valence-electron chi connectivity index (χ0n) is 7.42. The molecule has 0 spiro atoms. The highest BCUT2D eigenvalue weighted by Crippen LogP contribution is 2.09. The van der Waals surface area contributed by atoms with Crippen molar-refractivity contribution in [1.82, 2.24) is 5.32 Å². The van der Waals surface area contributed by atoms with Crippen molar-refractivity contribution < 1.29 is 0 Å². The van der Waals surface area contributed by atoms with E-state index in [1.807, 2.05) is 19.2 Å². The van der Waals surface area contributed by atoms with Crippen LogP contribution in [0, 0.1) is 0 Å². The van der Waals surface area contributed by atoms with E-state index < -0.39 is 0 Å². The average molecular weight is 179 g/mol. The number of nitrogens with one attached hydrogen (secondary N) is 1. The molecule has 1 N–H and O–H groups in total. The lowest BCUT2D eigenvalue weighted by atomic mass is 10.1. The fourth-order valence-electron chi connectivity index (χ4n) is 1.18. The molecule has 1 rings (SSSR count). The van der Waals surface area contributed by atoms with Crippen LogP contribution in [0.15, 0.2) is 24.3 Å². The van der Waals surface area contributed by atoms with E-state index in [0.717, 1.165) is 17.0 Å². The van der Waals surface area contributed by atoms with Crippen molar-refractivity contribution in [3.63, 3.8) is 0 Å². The average Bonchev–Trinajstić information content (AvgIpc) is 2.16. The highest BCUT2D eigenvalue weighted by Gasteiger charge is 2.02. The van der Waals surface area contributed by atoms with Gasteiger partial charge in [0, 0.05) is 12.6 Å². The predicted molar refractivity (Wildman–Crippen MR) is 56.6 cm³/mol. The summed E-state index contributed by atoms with van der Waals surface area (Å²) < 4.78 is 0. The maximum absolute atomic E-state index is 5.16. The molecule has 0 saturated carbocycles. The van der Waals surface area contributed by atoms with Crippen LogP contribution in [-0.4, -0.2) is 12.0 Å². The Morgan fingerprint density at radius 1 is 1.42 bits per heavy atom. The van der Waals surface area contributed by atoms with E-state index in [1.165, 1.54) is 5.56 Å². The molecule has 0 aromatic heterocycles. The number of rotatable bonds is 2. The third-order valence-electron chi connectivity index (χ3n) is 1.87. The molecule has 0 bridgehead atoms. The number of benzene rings is 1. The van der Waals surface area contributed by atoms with Gasteiger partial charge in [-0.1, -0.05) is 43.4 Å². The first-order chi connectivity index (χ1) is 5.79.